The van der Waals surface area contributed by atoms with Crippen molar-refractivity contribution in [3.05, 3.63) is 18.0 Å². The normalized spacial score (nSPS) is 24.9. The molecule has 1 aromatic heterocycles. The lowest BCUT2D eigenvalue weighted by Crippen LogP contribution is -2.42. The standard InChI is InChI=1S/C16H28N4O2.HI/c1-4-17-15(20(3)11-13-8-10-22-19-13)18-12-16(2)9-6-5-7-14(16)21;/h8,10,14,21H,4-7,9,11-12H2,1-3H3,(H,17,18);1H. The van der Waals surface area contributed by atoms with Gasteiger partial charge in [-0.1, -0.05) is 24.9 Å². The molecule has 2 atom stereocenters. The van der Waals surface area contributed by atoms with Crippen LogP contribution in [0.25, 0.3) is 0 Å². The Morgan fingerprint density at radius 2 is 2.35 bits per heavy atom. The van der Waals surface area contributed by atoms with E-state index >= 15 is 0 Å². The van der Waals surface area contributed by atoms with E-state index in [-0.39, 0.29) is 35.5 Å². The van der Waals surface area contributed by atoms with Crippen molar-refractivity contribution in [2.45, 2.75) is 52.2 Å². The van der Waals surface area contributed by atoms with E-state index in [1.54, 1.807) is 6.26 Å². The number of guanidine groups is 1. The molecule has 23 heavy (non-hydrogen) atoms. The summed E-state index contributed by atoms with van der Waals surface area (Å²) in [5.41, 5.74) is 0.755. The summed E-state index contributed by atoms with van der Waals surface area (Å²) >= 11 is 0. The minimum Gasteiger partial charge on any atom is -0.392 e. The van der Waals surface area contributed by atoms with Gasteiger partial charge < -0.3 is 19.8 Å². The van der Waals surface area contributed by atoms with E-state index in [1.807, 2.05) is 18.0 Å². The van der Waals surface area contributed by atoms with Gasteiger partial charge in [-0.3, -0.25) is 4.99 Å². The van der Waals surface area contributed by atoms with Crippen LogP contribution in [-0.4, -0.2) is 47.4 Å². The first-order valence-corrected chi connectivity index (χ1v) is 8.12. The summed E-state index contributed by atoms with van der Waals surface area (Å²) in [5.74, 6) is 0.837. The van der Waals surface area contributed by atoms with Crippen LogP contribution in [0.4, 0.5) is 0 Å². The molecule has 6 nitrogen and oxygen atoms in total. The second-order valence-electron chi connectivity index (χ2n) is 6.43. The number of hydrogen-bond donors (Lipinski definition) is 2. The molecule has 1 aliphatic carbocycles. The van der Waals surface area contributed by atoms with E-state index in [4.69, 9.17) is 9.52 Å². The highest BCUT2D eigenvalue weighted by atomic mass is 127. The lowest BCUT2D eigenvalue weighted by atomic mass is 9.73. The smallest absolute Gasteiger partial charge is 0.194 e. The fourth-order valence-electron chi connectivity index (χ4n) is 2.93. The zero-order chi connectivity index (χ0) is 16.0. The number of hydrogen-bond acceptors (Lipinski definition) is 4. The van der Waals surface area contributed by atoms with E-state index < -0.39 is 0 Å². The minimum atomic E-state index is -0.256. The summed E-state index contributed by atoms with van der Waals surface area (Å²) < 4.78 is 4.87. The maximum absolute atomic E-state index is 10.3. The van der Waals surface area contributed by atoms with Gasteiger partial charge in [-0.25, -0.2) is 0 Å². The third-order valence-corrected chi connectivity index (χ3v) is 4.46. The second-order valence-corrected chi connectivity index (χ2v) is 6.43. The Kier molecular flexibility index (Phi) is 8.32. The van der Waals surface area contributed by atoms with E-state index in [0.717, 1.165) is 37.5 Å². The number of aliphatic hydroxyl groups excluding tert-OH is 1. The monoisotopic (exact) mass is 436 g/mol. The molecule has 1 aliphatic rings. The fraction of sp³-hybridized carbons (Fsp3) is 0.750. The minimum absolute atomic E-state index is 0. The van der Waals surface area contributed by atoms with Crippen LogP contribution in [0.1, 0.15) is 45.2 Å². The van der Waals surface area contributed by atoms with E-state index in [9.17, 15) is 5.11 Å². The maximum Gasteiger partial charge on any atom is 0.194 e. The first kappa shape index (κ1) is 20.2. The van der Waals surface area contributed by atoms with Gasteiger partial charge in [0.25, 0.3) is 0 Å². The predicted molar refractivity (Wildman–Crippen MR) is 102 cm³/mol. The number of aliphatic imine (C=N–C) groups is 1. The van der Waals surface area contributed by atoms with Crippen LogP contribution in [0.15, 0.2) is 21.8 Å². The van der Waals surface area contributed by atoms with Crippen LogP contribution in [0.2, 0.25) is 0 Å². The molecule has 1 fully saturated rings. The van der Waals surface area contributed by atoms with Crippen LogP contribution in [-0.2, 0) is 6.54 Å². The maximum atomic E-state index is 10.3. The summed E-state index contributed by atoms with van der Waals surface area (Å²) in [6, 6.07) is 1.85. The number of aliphatic hydroxyl groups is 1. The zero-order valence-corrected chi connectivity index (χ0v) is 16.6. The van der Waals surface area contributed by atoms with Crippen LogP contribution in [0.5, 0.6) is 0 Å². The Labute approximate surface area is 155 Å². The SMILES string of the molecule is CCNC(=NCC1(C)CCCCC1O)N(C)Cc1ccon1.I. The molecule has 0 aliphatic heterocycles. The number of nitrogens with zero attached hydrogens (tertiary/aromatic N) is 3. The van der Waals surface area contributed by atoms with Gasteiger partial charge in [0.15, 0.2) is 5.96 Å². The van der Waals surface area contributed by atoms with E-state index in [0.29, 0.717) is 13.1 Å². The first-order valence-electron chi connectivity index (χ1n) is 8.12. The Bertz CT molecular complexity index is 480. The lowest BCUT2D eigenvalue weighted by molar-refractivity contribution is 0.00705. The fourth-order valence-corrected chi connectivity index (χ4v) is 2.93. The third kappa shape index (κ3) is 5.63. The van der Waals surface area contributed by atoms with E-state index in [2.05, 4.69) is 24.3 Å². The van der Waals surface area contributed by atoms with Crippen molar-refractivity contribution >= 4 is 29.9 Å². The van der Waals surface area contributed by atoms with Gasteiger partial charge in [-0.15, -0.1) is 24.0 Å². The average Bonchev–Trinajstić information content (AvgIpc) is 2.99. The molecule has 132 valence electrons. The highest BCUT2D eigenvalue weighted by Crippen LogP contribution is 2.36. The Hall–Kier alpha value is -0.830. The van der Waals surface area contributed by atoms with Crippen LogP contribution in [0, 0.1) is 5.41 Å². The molecule has 0 spiro atoms. The first-order chi connectivity index (χ1) is 10.5. The second kappa shape index (κ2) is 9.46. The van der Waals surface area contributed by atoms with Gasteiger partial charge in [-0.2, -0.15) is 0 Å². The molecule has 2 unspecified atom stereocenters. The van der Waals surface area contributed by atoms with Gasteiger partial charge in [0.05, 0.1) is 19.2 Å². The Morgan fingerprint density at radius 3 is 2.96 bits per heavy atom. The highest BCUT2D eigenvalue weighted by Gasteiger charge is 2.35. The summed E-state index contributed by atoms with van der Waals surface area (Å²) in [6.45, 7) is 6.28. The summed E-state index contributed by atoms with van der Waals surface area (Å²) in [6.07, 6.45) is 5.53. The van der Waals surface area contributed by atoms with Crippen molar-refractivity contribution in [3.8, 4) is 0 Å². The van der Waals surface area contributed by atoms with Crippen LogP contribution >= 0.6 is 24.0 Å². The Morgan fingerprint density at radius 1 is 1.57 bits per heavy atom. The van der Waals surface area contributed by atoms with Crippen LogP contribution < -0.4 is 5.32 Å². The molecule has 1 saturated carbocycles. The van der Waals surface area contributed by atoms with Crippen molar-refractivity contribution < 1.29 is 9.63 Å². The van der Waals surface area contributed by atoms with Gasteiger partial charge in [0.1, 0.15) is 12.0 Å². The van der Waals surface area contributed by atoms with Gasteiger partial charge in [0.2, 0.25) is 0 Å². The van der Waals surface area contributed by atoms with Crippen molar-refractivity contribution in [1.29, 1.82) is 0 Å². The third-order valence-electron chi connectivity index (χ3n) is 4.46. The van der Waals surface area contributed by atoms with Crippen molar-refractivity contribution in [3.63, 3.8) is 0 Å². The van der Waals surface area contributed by atoms with Crippen molar-refractivity contribution in [2.75, 3.05) is 20.1 Å². The van der Waals surface area contributed by atoms with Gasteiger partial charge >= 0.3 is 0 Å². The molecule has 0 amide bonds. The van der Waals surface area contributed by atoms with Gasteiger partial charge in [-0.05, 0) is 19.8 Å². The molecule has 0 aromatic carbocycles. The highest BCUT2D eigenvalue weighted by molar-refractivity contribution is 14.0. The number of rotatable bonds is 5. The average molecular weight is 436 g/mol. The summed E-state index contributed by atoms with van der Waals surface area (Å²) in [5, 5.41) is 17.5. The quantitative estimate of drug-likeness (QED) is 0.422. The number of halogens is 1. The summed E-state index contributed by atoms with van der Waals surface area (Å²) in [4.78, 5) is 6.78. The molecular weight excluding hydrogens is 407 g/mol. The zero-order valence-electron chi connectivity index (χ0n) is 14.3. The molecule has 0 bridgehead atoms. The van der Waals surface area contributed by atoms with Crippen LogP contribution in [0.3, 0.4) is 0 Å². The molecule has 7 heteroatoms. The van der Waals surface area contributed by atoms with Gasteiger partial charge in [0, 0.05) is 25.1 Å². The molecule has 0 radical (unpaired) electrons. The molecule has 1 heterocycles. The molecular formula is C16H29IN4O2. The largest absolute Gasteiger partial charge is 0.392 e. The number of nitrogens with one attached hydrogen (secondary N) is 1. The van der Waals surface area contributed by atoms with E-state index in [1.165, 1.54) is 6.42 Å². The molecule has 2 rings (SSSR count). The van der Waals surface area contributed by atoms with Crippen molar-refractivity contribution in [1.82, 2.24) is 15.4 Å². The Balaban J connectivity index is 0.00000264. The molecule has 0 saturated heterocycles. The topological polar surface area (TPSA) is 73.9 Å². The summed E-state index contributed by atoms with van der Waals surface area (Å²) in [7, 11) is 1.98. The lowest BCUT2D eigenvalue weighted by Gasteiger charge is -2.37. The van der Waals surface area contributed by atoms with Crippen molar-refractivity contribution in [2.24, 2.45) is 10.4 Å². The molecule has 2 N–H and O–H groups in total. The number of aromatic nitrogens is 1. The predicted octanol–water partition coefficient (Wildman–Crippen LogP) is 2.63. The molecule has 1 aromatic rings.